The molecule has 0 fully saturated rings. The first-order chi connectivity index (χ1) is 13.0. The SMILES string of the molecule is COC(=O)c1ccc([C@@H]2c3sccc3C[C@H](C(=O)OC)N2C(=O)CCl)cc1. The van der Waals surface area contributed by atoms with Crippen LogP contribution < -0.4 is 0 Å². The van der Waals surface area contributed by atoms with Gasteiger partial charge < -0.3 is 14.4 Å². The summed E-state index contributed by atoms with van der Waals surface area (Å²) in [4.78, 5) is 39.2. The molecule has 0 aliphatic carbocycles. The molecule has 2 atom stereocenters. The second-order valence-corrected chi connectivity index (χ2v) is 7.22. The number of rotatable bonds is 4. The highest BCUT2D eigenvalue weighted by atomic mass is 35.5. The zero-order valence-electron chi connectivity index (χ0n) is 14.8. The molecule has 0 spiro atoms. The second-order valence-electron chi connectivity index (χ2n) is 6.00. The molecule has 6 nitrogen and oxygen atoms in total. The number of alkyl halides is 1. The molecule has 27 heavy (non-hydrogen) atoms. The molecule has 0 bridgehead atoms. The van der Waals surface area contributed by atoms with Crippen LogP contribution >= 0.6 is 22.9 Å². The van der Waals surface area contributed by atoms with E-state index in [1.807, 2.05) is 11.4 Å². The molecule has 8 heteroatoms. The lowest BCUT2D eigenvalue weighted by atomic mass is 9.90. The van der Waals surface area contributed by atoms with E-state index < -0.39 is 24.0 Å². The van der Waals surface area contributed by atoms with Crippen LogP contribution in [0.5, 0.6) is 0 Å². The van der Waals surface area contributed by atoms with Crippen molar-refractivity contribution in [3.05, 3.63) is 57.3 Å². The lowest BCUT2D eigenvalue weighted by molar-refractivity contribution is -0.154. The quantitative estimate of drug-likeness (QED) is 0.575. The number of benzene rings is 1. The molecule has 0 saturated carbocycles. The fourth-order valence-corrected chi connectivity index (χ4v) is 4.52. The van der Waals surface area contributed by atoms with E-state index in [2.05, 4.69) is 0 Å². The van der Waals surface area contributed by atoms with Gasteiger partial charge in [-0.25, -0.2) is 9.59 Å². The van der Waals surface area contributed by atoms with Crippen molar-refractivity contribution < 1.29 is 23.9 Å². The Morgan fingerprint density at radius 2 is 1.85 bits per heavy atom. The summed E-state index contributed by atoms with van der Waals surface area (Å²) in [7, 11) is 2.62. The highest BCUT2D eigenvalue weighted by Crippen LogP contribution is 2.41. The topological polar surface area (TPSA) is 72.9 Å². The van der Waals surface area contributed by atoms with Crippen molar-refractivity contribution in [2.24, 2.45) is 0 Å². The van der Waals surface area contributed by atoms with Crippen molar-refractivity contribution in [1.82, 2.24) is 4.90 Å². The first kappa shape index (κ1) is 19.4. The molecule has 1 aromatic heterocycles. The molecule has 3 rings (SSSR count). The van der Waals surface area contributed by atoms with Crippen molar-refractivity contribution in [3.63, 3.8) is 0 Å². The first-order valence-electron chi connectivity index (χ1n) is 8.21. The number of carbonyl (C=O) groups is 3. The van der Waals surface area contributed by atoms with Gasteiger partial charge in [-0.15, -0.1) is 22.9 Å². The number of thiophene rings is 1. The van der Waals surface area contributed by atoms with E-state index in [9.17, 15) is 14.4 Å². The molecule has 1 aliphatic heterocycles. The molecule has 0 saturated heterocycles. The van der Waals surface area contributed by atoms with Crippen LogP contribution in [0.1, 0.15) is 32.4 Å². The highest BCUT2D eigenvalue weighted by molar-refractivity contribution is 7.10. The summed E-state index contributed by atoms with van der Waals surface area (Å²) in [5.41, 5.74) is 2.18. The minimum Gasteiger partial charge on any atom is -0.467 e. The molecule has 0 unspecified atom stereocenters. The van der Waals surface area contributed by atoms with Crippen LogP contribution in [0, 0.1) is 0 Å². The maximum atomic E-state index is 12.7. The fourth-order valence-electron chi connectivity index (χ4n) is 3.32. The summed E-state index contributed by atoms with van der Waals surface area (Å²) >= 11 is 7.35. The number of halogens is 1. The van der Waals surface area contributed by atoms with Gasteiger partial charge in [-0.2, -0.15) is 0 Å². The third-order valence-corrected chi connectivity index (χ3v) is 5.82. The van der Waals surface area contributed by atoms with Crippen LogP contribution in [0.15, 0.2) is 35.7 Å². The summed E-state index contributed by atoms with van der Waals surface area (Å²) in [6.45, 7) is 0. The van der Waals surface area contributed by atoms with E-state index in [0.29, 0.717) is 12.0 Å². The number of amides is 1. The molecular weight excluding hydrogens is 390 g/mol. The van der Waals surface area contributed by atoms with Gasteiger partial charge in [-0.05, 0) is 34.7 Å². The van der Waals surface area contributed by atoms with E-state index in [4.69, 9.17) is 21.1 Å². The number of nitrogens with zero attached hydrogens (tertiary/aromatic N) is 1. The van der Waals surface area contributed by atoms with Gasteiger partial charge in [0, 0.05) is 11.3 Å². The minimum atomic E-state index is -0.756. The lowest BCUT2D eigenvalue weighted by Gasteiger charge is -2.40. The average Bonchev–Trinajstić information content (AvgIpc) is 3.19. The van der Waals surface area contributed by atoms with Crippen molar-refractivity contribution in [1.29, 1.82) is 0 Å². The summed E-state index contributed by atoms with van der Waals surface area (Å²) in [5, 5.41) is 1.93. The van der Waals surface area contributed by atoms with Gasteiger partial charge in [0.25, 0.3) is 0 Å². The smallest absolute Gasteiger partial charge is 0.337 e. The average molecular weight is 408 g/mol. The number of ether oxygens (including phenoxy) is 2. The summed E-state index contributed by atoms with van der Waals surface area (Å²) in [6, 6.07) is 7.51. The van der Waals surface area contributed by atoms with Crippen LogP contribution in [0.4, 0.5) is 0 Å². The van der Waals surface area contributed by atoms with Crippen molar-refractivity contribution in [2.45, 2.75) is 18.5 Å². The standard InChI is InChI=1S/C19H18ClNO5S/c1-25-18(23)12-5-3-11(4-6-12)16-17-13(7-8-27-17)9-14(19(24)26-2)21(16)15(22)10-20/h3-8,14,16H,9-10H2,1-2H3/t14-,16-/m1/s1. The van der Waals surface area contributed by atoms with Crippen molar-refractivity contribution in [2.75, 3.05) is 20.1 Å². The molecule has 1 aliphatic rings. The van der Waals surface area contributed by atoms with E-state index in [0.717, 1.165) is 16.0 Å². The Kier molecular flexibility index (Phi) is 5.82. The predicted octanol–water partition coefficient (Wildman–Crippen LogP) is 2.79. The molecular formula is C19H18ClNO5S. The third-order valence-electron chi connectivity index (χ3n) is 4.58. The zero-order valence-corrected chi connectivity index (χ0v) is 16.4. The Bertz CT molecular complexity index is 863. The van der Waals surface area contributed by atoms with Gasteiger partial charge >= 0.3 is 11.9 Å². The van der Waals surface area contributed by atoms with E-state index in [-0.39, 0.29) is 11.8 Å². The maximum Gasteiger partial charge on any atom is 0.337 e. The second kappa shape index (κ2) is 8.10. The van der Waals surface area contributed by atoms with Crippen LogP contribution in [0.3, 0.4) is 0 Å². The molecule has 0 N–H and O–H groups in total. The van der Waals surface area contributed by atoms with E-state index >= 15 is 0 Å². The molecule has 1 aromatic carbocycles. The Labute approximate surface area is 165 Å². The maximum absolute atomic E-state index is 12.7. The van der Waals surface area contributed by atoms with E-state index in [1.165, 1.54) is 30.5 Å². The predicted molar refractivity (Wildman–Crippen MR) is 101 cm³/mol. The Morgan fingerprint density at radius 3 is 2.44 bits per heavy atom. The largest absolute Gasteiger partial charge is 0.467 e. The van der Waals surface area contributed by atoms with Gasteiger partial charge in [0.05, 0.1) is 25.8 Å². The number of fused-ring (bicyclic) bond motifs is 1. The lowest BCUT2D eigenvalue weighted by Crippen LogP contribution is -2.52. The molecule has 2 heterocycles. The van der Waals surface area contributed by atoms with Gasteiger partial charge in [-0.3, -0.25) is 4.79 Å². The van der Waals surface area contributed by atoms with Crippen molar-refractivity contribution >= 4 is 40.8 Å². The Balaban J connectivity index is 2.10. The zero-order chi connectivity index (χ0) is 19.6. The molecule has 0 radical (unpaired) electrons. The fraction of sp³-hybridized carbons (Fsp3) is 0.316. The van der Waals surface area contributed by atoms with Crippen LogP contribution in [-0.4, -0.2) is 48.9 Å². The normalized spacial score (nSPS) is 18.6. The number of esters is 2. The Hall–Kier alpha value is -2.38. The van der Waals surface area contributed by atoms with Gasteiger partial charge in [-0.1, -0.05) is 12.1 Å². The van der Waals surface area contributed by atoms with Crippen LogP contribution in [-0.2, 0) is 25.5 Å². The first-order valence-corrected chi connectivity index (χ1v) is 9.62. The van der Waals surface area contributed by atoms with Crippen molar-refractivity contribution in [3.8, 4) is 0 Å². The molecule has 142 valence electrons. The van der Waals surface area contributed by atoms with Gasteiger partial charge in [0.2, 0.25) is 5.91 Å². The number of hydrogen-bond acceptors (Lipinski definition) is 6. The number of carbonyl (C=O) groups excluding carboxylic acids is 3. The Morgan fingerprint density at radius 1 is 1.15 bits per heavy atom. The number of methoxy groups -OCH3 is 2. The summed E-state index contributed by atoms with van der Waals surface area (Å²) in [6.07, 6.45) is 0.380. The van der Waals surface area contributed by atoms with Crippen LogP contribution in [0.25, 0.3) is 0 Å². The number of hydrogen-bond donors (Lipinski definition) is 0. The summed E-state index contributed by atoms with van der Waals surface area (Å²) in [5.74, 6) is -1.52. The molecule has 1 amide bonds. The highest BCUT2D eigenvalue weighted by Gasteiger charge is 2.42. The monoisotopic (exact) mass is 407 g/mol. The third kappa shape index (κ3) is 3.57. The van der Waals surface area contributed by atoms with Crippen LogP contribution in [0.2, 0.25) is 0 Å². The van der Waals surface area contributed by atoms with Gasteiger partial charge in [0.15, 0.2) is 0 Å². The molecule has 2 aromatic rings. The van der Waals surface area contributed by atoms with Gasteiger partial charge in [0.1, 0.15) is 11.9 Å². The minimum absolute atomic E-state index is 0.245. The van der Waals surface area contributed by atoms with E-state index in [1.54, 1.807) is 24.3 Å². The summed E-state index contributed by atoms with van der Waals surface area (Å²) < 4.78 is 9.65.